The maximum Gasteiger partial charge on any atom is 0.410 e. The lowest BCUT2D eigenvalue weighted by molar-refractivity contribution is -0.132. The molecule has 9 nitrogen and oxygen atoms in total. The molecule has 2 aromatic carbocycles. The van der Waals surface area contributed by atoms with Gasteiger partial charge in [0.15, 0.2) is 0 Å². The van der Waals surface area contributed by atoms with E-state index in [0.717, 1.165) is 17.0 Å². The number of carbonyl (C=O) groups excluding carboxylic acids is 4. The van der Waals surface area contributed by atoms with Gasteiger partial charge in [-0.3, -0.25) is 24.2 Å². The van der Waals surface area contributed by atoms with E-state index in [4.69, 9.17) is 4.74 Å². The maximum atomic E-state index is 14.5. The van der Waals surface area contributed by atoms with Gasteiger partial charge in [0.2, 0.25) is 11.8 Å². The summed E-state index contributed by atoms with van der Waals surface area (Å²) in [5.41, 5.74) is -1.22. The summed E-state index contributed by atoms with van der Waals surface area (Å²) in [6, 6.07) is 6.89. The molecule has 3 rings (SSSR count). The maximum absolute atomic E-state index is 14.5. The molecule has 228 valence electrons. The van der Waals surface area contributed by atoms with Crippen molar-refractivity contribution in [1.82, 2.24) is 10.2 Å². The SMILES string of the molecule is CC(C)[C@H](NC(=O)[C@H](C)N(C)C(=O)OC(C)(C)C)C(=O)N1c2ccccc2C(C)(C)[C@H]1C(=O)Nc1c(F)cccc1F. The second-order valence-corrected chi connectivity index (χ2v) is 12.4. The minimum absolute atomic E-state index is 0.427. The number of nitrogens with one attached hydrogen (secondary N) is 2. The fourth-order valence-electron chi connectivity index (χ4n) is 4.94. The Morgan fingerprint density at radius 1 is 0.976 bits per heavy atom. The summed E-state index contributed by atoms with van der Waals surface area (Å²) in [5.74, 6) is -4.31. The van der Waals surface area contributed by atoms with Gasteiger partial charge >= 0.3 is 6.09 Å². The zero-order valence-electron chi connectivity index (χ0n) is 25.5. The number of benzene rings is 2. The highest BCUT2D eigenvalue weighted by Crippen LogP contribution is 2.46. The Bertz CT molecular complexity index is 1350. The Labute approximate surface area is 245 Å². The predicted octanol–water partition coefficient (Wildman–Crippen LogP) is 4.99. The molecular formula is C31H40F2N4O5. The summed E-state index contributed by atoms with van der Waals surface area (Å²) in [4.78, 5) is 56.3. The second-order valence-electron chi connectivity index (χ2n) is 12.4. The molecule has 2 aromatic rings. The van der Waals surface area contributed by atoms with Crippen LogP contribution in [0.3, 0.4) is 0 Å². The van der Waals surface area contributed by atoms with Gasteiger partial charge in [0.05, 0.1) is 0 Å². The van der Waals surface area contributed by atoms with Crippen molar-refractivity contribution in [3.63, 3.8) is 0 Å². The van der Waals surface area contributed by atoms with E-state index in [1.54, 1.807) is 72.7 Å². The molecule has 1 aliphatic heterocycles. The van der Waals surface area contributed by atoms with Crippen molar-refractivity contribution >= 4 is 35.2 Å². The Morgan fingerprint density at radius 2 is 1.55 bits per heavy atom. The zero-order chi connectivity index (χ0) is 31.7. The van der Waals surface area contributed by atoms with Crippen molar-refractivity contribution < 1.29 is 32.7 Å². The number of ether oxygens (including phenoxy) is 1. The third-order valence-corrected chi connectivity index (χ3v) is 7.37. The highest BCUT2D eigenvalue weighted by molar-refractivity contribution is 6.11. The van der Waals surface area contributed by atoms with E-state index in [9.17, 15) is 28.0 Å². The Kier molecular flexibility index (Phi) is 9.34. The first-order valence-corrected chi connectivity index (χ1v) is 13.8. The van der Waals surface area contributed by atoms with Gasteiger partial charge in [-0.25, -0.2) is 13.6 Å². The van der Waals surface area contributed by atoms with Crippen LogP contribution in [0.2, 0.25) is 0 Å². The lowest BCUT2D eigenvalue weighted by atomic mass is 9.80. The van der Waals surface area contributed by atoms with Crippen molar-refractivity contribution in [2.45, 2.75) is 84.5 Å². The third-order valence-electron chi connectivity index (χ3n) is 7.37. The van der Waals surface area contributed by atoms with Crippen LogP contribution in [-0.4, -0.2) is 59.5 Å². The summed E-state index contributed by atoms with van der Waals surface area (Å²) >= 11 is 0. The van der Waals surface area contributed by atoms with Gasteiger partial charge in [-0.1, -0.05) is 52.0 Å². The van der Waals surface area contributed by atoms with Crippen LogP contribution < -0.4 is 15.5 Å². The van der Waals surface area contributed by atoms with Crippen LogP contribution in [0.5, 0.6) is 0 Å². The number of halogens is 2. The first-order chi connectivity index (χ1) is 19.4. The van der Waals surface area contributed by atoms with Crippen LogP contribution in [0.25, 0.3) is 0 Å². The van der Waals surface area contributed by atoms with E-state index in [1.165, 1.54) is 24.9 Å². The number of rotatable bonds is 7. The predicted molar refractivity (Wildman–Crippen MR) is 156 cm³/mol. The topological polar surface area (TPSA) is 108 Å². The average Bonchev–Trinajstić information content (AvgIpc) is 3.13. The highest BCUT2D eigenvalue weighted by Gasteiger charge is 2.52. The summed E-state index contributed by atoms with van der Waals surface area (Å²) < 4.78 is 34.3. The van der Waals surface area contributed by atoms with Crippen molar-refractivity contribution in [2.75, 3.05) is 17.3 Å². The van der Waals surface area contributed by atoms with Crippen molar-refractivity contribution in [2.24, 2.45) is 5.92 Å². The van der Waals surface area contributed by atoms with E-state index in [-0.39, 0.29) is 0 Å². The van der Waals surface area contributed by atoms with Crippen LogP contribution in [0.15, 0.2) is 42.5 Å². The van der Waals surface area contributed by atoms with E-state index in [2.05, 4.69) is 10.6 Å². The number of hydrogen-bond donors (Lipinski definition) is 2. The Morgan fingerprint density at radius 3 is 2.10 bits per heavy atom. The summed E-state index contributed by atoms with van der Waals surface area (Å²) in [6.45, 7) is 13.6. The lowest BCUT2D eigenvalue weighted by Gasteiger charge is -2.35. The van der Waals surface area contributed by atoms with Crippen molar-refractivity contribution in [1.29, 1.82) is 0 Å². The molecule has 3 atom stereocenters. The number of hydrogen-bond acceptors (Lipinski definition) is 5. The molecule has 2 N–H and O–H groups in total. The molecule has 1 aliphatic rings. The number of fused-ring (bicyclic) bond motifs is 1. The van der Waals surface area contributed by atoms with Gasteiger partial charge in [-0.05, 0) is 57.4 Å². The van der Waals surface area contributed by atoms with Crippen LogP contribution >= 0.6 is 0 Å². The van der Waals surface area contributed by atoms with Crippen LogP contribution in [0, 0.1) is 17.6 Å². The molecule has 0 aromatic heterocycles. The van der Waals surface area contributed by atoms with E-state index in [0.29, 0.717) is 11.3 Å². The quantitative estimate of drug-likeness (QED) is 0.475. The average molecular weight is 587 g/mol. The number of carbonyl (C=O) groups is 4. The summed E-state index contributed by atoms with van der Waals surface area (Å²) in [6.07, 6.45) is -0.704. The van der Waals surface area contributed by atoms with Gasteiger partial charge < -0.3 is 15.4 Å². The van der Waals surface area contributed by atoms with E-state index in [1.807, 2.05) is 0 Å². The molecule has 0 radical (unpaired) electrons. The largest absolute Gasteiger partial charge is 0.444 e. The number of anilines is 2. The monoisotopic (exact) mass is 586 g/mol. The Balaban J connectivity index is 1.96. The fourth-order valence-corrected chi connectivity index (χ4v) is 4.94. The normalized spacial score (nSPS) is 17.2. The smallest absolute Gasteiger partial charge is 0.410 e. The standard InChI is InChI=1S/C31H40F2N4O5/c1-17(2)23(34-26(38)18(3)36(9)29(41)42-30(4,5)6)28(40)37-22-16-11-10-13-19(22)31(7,8)25(37)27(39)35-24-20(32)14-12-15-21(24)33/h10-18,23,25H,1-9H3,(H,34,38)(H,35,39)/t18-,23-,25+/m0/s1. The van der Waals surface area contributed by atoms with Crippen LogP contribution in [-0.2, 0) is 24.5 Å². The molecule has 0 saturated carbocycles. The molecule has 0 saturated heterocycles. The van der Waals surface area contributed by atoms with Gasteiger partial charge in [-0.2, -0.15) is 0 Å². The summed E-state index contributed by atoms with van der Waals surface area (Å²) in [7, 11) is 1.42. The number of amides is 4. The molecule has 11 heteroatoms. The molecule has 4 amide bonds. The molecule has 0 unspecified atom stereocenters. The van der Waals surface area contributed by atoms with Crippen molar-refractivity contribution in [3.8, 4) is 0 Å². The second kappa shape index (κ2) is 12.1. The van der Waals surface area contributed by atoms with E-state index >= 15 is 0 Å². The number of nitrogens with zero attached hydrogens (tertiary/aromatic N) is 2. The molecule has 1 heterocycles. The number of para-hydroxylation sites is 2. The summed E-state index contributed by atoms with van der Waals surface area (Å²) in [5, 5.41) is 5.09. The molecular weight excluding hydrogens is 546 g/mol. The van der Waals surface area contributed by atoms with Gasteiger partial charge in [0.25, 0.3) is 5.91 Å². The minimum atomic E-state index is -1.21. The van der Waals surface area contributed by atoms with Gasteiger partial charge in [-0.15, -0.1) is 0 Å². The number of likely N-dealkylation sites (N-methyl/N-ethyl adjacent to an activating group) is 1. The zero-order valence-corrected chi connectivity index (χ0v) is 25.5. The van der Waals surface area contributed by atoms with Crippen LogP contribution in [0.1, 0.15) is 61.0 Å². The molecule has 0 bridgehead atoms. The van der Waals surface area contributed by atoms with Crippen LogP contribution in [0.4, 0.5) is 25.0 Å². The van der Waals surface area contributed by atoms with Crippen molar-refractivity contribution in [3.05, 3.63) is 59.7 Å². The van der Waals surface area contributed by atoms with Gasteiger partial charge in [0.1, 0.15) is 41.0 Å². The molecule has 0 aliphatic carbocycles. The minimum Gasteiger partial charge on any atom is -0.444 e. The highest BCUT2D eigenvalue weighted by atomic mass is 19.1. The van der Waals surface area contributed by atoms with Gasteiger partial charge in [0, 0.05) is 18.2 Å². The third kappa shape index (κ3) is 6.55. The first-order valence-electron chi connectivity index (χ1n) is 13.8. The first kappa shape index (κ1) is 32.5. The lowest BCUT2D eigenvalue weighted by Crippen LogP contribution is -2.60. The fraction of sp³-hybridized carbons (Fsp3) is 0.484. The Hall–Kier alpha value is -4.02. The van der Waals surface area contributed by atoms with E-state index < -0.39 is 76.2 Å². The molecule has 42 heavy (non-hydrogen) atoms. The molecule has 0 spiro atoms. The molecule has 0 fully saturated rings.